The van der Waals surface area contributed by atoms with Crippen LogP contribution in [0.2, 0.25) is 0 Å². The third kappa shape index (κ3) is 4.82. The molecule has 1 heterocycles. The number of hydrogen-bond acceptors (Lipinski definition) is 7. The Kier molecular flexibility index (Phi) is 6.56. The van der Waals surface area contributed by atoms with Gasteiger partial charge in [-0.3, -0.25) is 4.79 Å². The van der Waals surface area contributed by atoms with E-state index < -0.39 is 0 Å². The van der Waals surface area contributed by atoms with E-state index in [9.17, 15) is 4.79 Å². The van der Waals surface area contributed by atoms with Crippen LogP contribution in [0.1, 0.15) is 17.3 Å². The summed E-state index contributed by atoms with van der Waals surface area (Å²) in [6, 6.07) is 7.91. The molecule has 2 rings (SSSR count). The highest BCUT2D eigenvalue weighted by molar-refractivity contribution is 5.82. The van der Waals surface area contributed by atoms with E-state index in [1.54, 1.807) is 13.3 Å². The molecule has 2 aromatic rings. The van der Waals surface area contributed by atoms with Gasteiger partial charge in [0, 0.05) is 45.6 Å². The maximum atomic E-state index is 11.3. The summed E-state index contributed by atoms with van der Waals surface area (Å²) in [5.41, 5.74) is 1.58. The highest BCUT2D eigenvalue weighted by Crippen LogP contribution is 2.19. The molecule has 7 nitrogen and oxygen atoms in total. The number of rotatable bonds is 9. The van der Waals surface area contributed by atoms with Crippen molar-refractivity contribution < 1.29 is 9.53 Å². The number of nitrogens with one attached hydrogen (secondary N) is 1. The molecule has 7 heteroatoms. The minimum Gasteiger partial charge on any atom is -0.497 e. The van der Waals surface area contributed by atoms with Gasteiger partial charge in [0.1, 0.15) is 11.6 Å². The Balaban J connectivity index is 2.04. The van der Waals surface area contributed by atoms with Gasteiger partial charge in [-0.25, -0.2) is 4.98 Å². The summed E-state index contributed by atoms with van der Waals surface area (Å²) in [4.78, 5) is 24.0. The predicted octanol–water partition coefficient (Wildman–Crippen LogP) is 2.30. The van der Waals surface area contributed by atoms with Gasteiger partial charge >= 0.3 is 0 Å². The standard InChI is InChI=1S/C18H25N5O2/c1-5-19-18-20-12-14(13-24)17(21-18)23(3)11-10-22(2)15-6-8-16(25-4)9-7-15/h6-9,12-13H,5,10-11H2,1-4H3,(H,19,20,21). The zero-order chi connectivity index (χ0) is 18.2. The molecule has 0 unspecified atom stereocenters. The van der Waals surface area contributed by atoms with Crippen molar-refractivity contribution in [1.82, 2.24) is 9.97 Å². The normalized spacial score (nSPS) is 10.2. The Morgan fingerprint density at radius 2 is 1.84 bits per heavy atom. The van der Waals surface area contributed by atoms with Crippen molar-refractivity contribution in [2.45, 2.75) is 6.92 Å². The lowest BCUT2D eigenvalue weighted by molar-refractivity contribution is 0.112. The predicted molar refractivity (Wildman–Crippen MR) is 101 cm³/mol. The summed E-state index contributed by atoms with van der Waals surface area (Å²) in [6.07, 6.45) is 2.34. The van der Waals surface area contributed by atoms with Crippen molar-refractivity contribution in [3.05, 3.63) is 36.0 Å². The number of carbonyl (C=O) groups excluding carboxylic acids is 1. The van der Waals surface area contributed by atoms with Gasteiger partial charge in [0.25, 0.3) is 0 Å². The van der Waals surface area contributed by atoms with Crippen LogP contribution in [0.5, 0.6) is 5.75 Å². The second-order valence-corrected chi connectivity index (χ2v) is 5.66. The van der Waals surface area contributed by atoms with Crippen molar-refractivity contribution in [2.24, 2.45) is 0 Å². The fourth-order valence-corrected chi connectivity index (χ4v) is 2.39. The summed E-state index contributed by atoms with van der Waals surface area (Å²) in [5, 5.41) is 3.07. The minimum absolute atomic E-state index is 0.483. The maximum Gasteiger partial charge on any atom is 0.224 e. The van der Waals surface area contributed by atoms with Gasteiger partial charge < -0.3 is 19.9 Å². The number of likely N-dealkylation sites (N-methyl/N-ethyl adjacent to an activating group) is 2. The molecule has 0 aliphatic rings. The van der Waals surface area contributed by atoms with Crippen LogP contribution in [0, 0.1) is 0 Å². The van der Waals surface area contributed by atoms with Crippen molar-refractivity contribution in [2.75, 3.05) is 56.0 Å². The highest BCUT2D eigenvalue weighted by Gasteiger charge is 2.12. The SMILES string of the molecule is CCNc1ncc(C=O)c(N(C)CCN(C)c2ccc(OC)cc2)n1. The quantitative estimate of drug-likeness (QED) is 0.701. The Hall–Kier alpha value is -2.83. The fourth-order valence-electron chi connectivity index (χ4n) is 2.39. The van der Waals surface area contributed by atoms with Crippen LogP contribution >= 0.6 is 0 Å². The summed E-state index contributed by atoms with van der Waals surface area (Å²) in [7, 11) is 5.61. The van der Waals surface area contributed by atoms with Crippen LogP contribution in [0.15, 0.2) is 30.5 Å². The van der Waals surface area contributed by atoms with Gasteiger partial charge in [-0.15, -0.1) is 0 Å². The number of aromatic nitrogens is 2. The number of ether oxygens (including phenoxy) is 1. The van der Waals surface area contributed by atoms with Gasteiger partial charge in [-0.05, 0) is 31.2 Å². The Bertz CT molecular complexity index is 690. The van der Waals surface area contributed by atoms with Crippen LogP contribution in [0.25, 0.3) is 0 Å². The lowest BCUT2D eigenvalue weighted by Crippen LogP contribution is -2.32. The molecule has 1 N–H and O–H groups in total. The van der Waals surface area contributed by atoms with Crippen molar-refractivity contribution in [1.29, 1.82) is 0 Å². The van der Waals surface area contributed by atoms with E-state index in [1.807, 2.05) is 50.2 Å². The molecule has 0 aliphatic heterocycles. The average molecular weight is 343 g/mol. The summed E-state index contributed by atoms with van der Waals surface area (Å²) >= 11 is 0. The third-order valence-electron chi connectivity index (χ3n) is 3.90. The van der Waals surface area contributed by atoms with E-state index in [-0.39, 0.29) is 0 Å². The van der Waals surface area contributed by atoms with Crippen LogP contribution in [-0.4, -0.2) is 57.1 Å². The van der Waals surface area contributed by atoms with Crippen LogP contribution in [0.4, 0.5) is 17.5 Å². The molecule has 0 radical (unpaired) electrons. The van der Waals surface area contributed by atoms with Gasteiger partial charge in [0.05, 0.1) is 12.7 Å². The molecule has 0 bridgehead atoms. The molecule has 0 aliphatic carbocycles. The molecule has 0 saturated heterocycles. The first kappa shape index (κ1) is 18.5. The van der Waals surface area contributed by atoms with Crippen LogP contribution < -0.4 is 19.9 Å². The molecule has 0 amide bonds. The van der Waals surface area contributed by atoms with E-state index in [0.29, 0.717) is 23.9 Å². The van der Waals surface area contributed by atoms with Crippen LogP contribution in [0.3, 0.4) is 0 Å². The molecule has 0 saturated carbocycles. The first-order valence-corrected chi connectivity index (χ1v) is 8.21. The molecular formula is C18H25N5O2. The van der Waals surface area contributed by atoms with Gasteiger partial charge in [0.2, 0.25) is 5.95 Å². The molecule has 134 valence electrons. The summed E-state index contributed by atoms with van der Waals surface area (Å²) in [5.74, 6) is 1.99. The number of benzene rings is 1. The highest BCUT2D eigenvalue weighted by atomic mass is 16.5. The van der Waals surface area contributed by atoms with Crippen molar-refractivity contribution >= 4 is 23.7 Å². The molecule has 0 fully saturated rings. The Labute approximate surface area is 148 Å². The van der Waals surface area contributed by atoms with Gasteiger partial charge in [-0.2, -0.15) is 4.98 Å². The van der Waals surface area contributed by atoms with Gasteiger partial charge in [0.15, 0.2) is 6.29 Å². The first-order chi connectivity index (χ1) is 12.1. The molecule has 25 heavy (non-hydrogen) atoms. The molecule has 1 aromatic heterocycles. The third-order valence-corrected chi connectivity index (χ3v) is 3.90. The number of methoxy groups -OCH3 is 1. The maximum absolute atomic E-state index is 11.3. The topological polar surface area (TPSA) is 70.6 Å². The number of anilines is 3. The zero-order valence-corrected chi connectivity index (χ0v) is 15.2. The second-order valence-electron chi connectivity index (χ2n) is 5.66. The van der Waals surface area contributed by atoms with Crippen molar-refractivity contribution in [3.8, 4) is 5.75 Å². The first-order valence-electron chi connectivity index (χ1n) is 8.21. The Morgan fingerprint density at radius 1 is 1.16 bits per heavy atom. The Morgan fingerprint density at radius 3 is 2.44 bits per heavy atom. The van der Waals surface area contributed by atoms with Gasteiger partial charge in [-0.1, -0.05) is 0 Å². The number of hydrogen-bond donors (Lipinski definition) is 1. The lowest BCUT2D eigenvalue weighted by atomic mass is 10.2. The molecule has 1 aromatic carbocycles. The van der Waals surface area contributed by atoms with Crippen molar-refractivity contribution in [3.63, 3.8) is 0 Å². The molecule has 0 spiro atoms. The molecular weight excluding hydrogens is 318 g/mol. The fraction of sp³-hybridized carbons (Fsp3) is 0.389. The number of nitrogens with zero attached hydrogens (tertiary/aromatic N) is 4. The number of aldehydes is 1. The zero-order valence-electron chi connectivity index (χ0n) is 15.2. The summed E-state index contributed by atoms with van der Waals surface area (Å²) < 4.78 is 5.18. The largest absolute Gasteiger partial charge is 0.497 e. The second kappa shape index (κ2) is 8.86. The summed E-state index contributed by atoms with van der Waals surface area (Å²) in [6.45, 7) is 4.20. The minimum atomic E-state index is 0.483. The smallest absolute Gasteiger partial charge is 0.224 e. The lowest BCUT2D eigenvalue weighted by Gasteiger charge is -2.25. The van der Waals surface area contributed by atoms with E-state index in [0.717, 1.165) is 30.8 Å². The van der Waals surface area contributed by atoms with E-state index in [1.165, 1.54) is 0 Å². The molecule has 0 atom stereocenters. The van der Waals surface area contributed by atoms with Crippen LogP contribution in [-0.2, 0) is 0 Å². The monoisotopic (exact) mass is 343 g/mol. The van der Waals surface area contributed by atoms with E-state index >= 15 is 0 Å². The average Bonchev–Trinajstić information content (AvgIpc) is 2.66. The van der Waals surface area contributed by atoms with E-state index in [2.05, 4.69) is 20.2 Å². The number of carbonyl (C=O) groups is 1. The van der Waals surface area contributed by atoms with E-state index in [4.69, 9.17) is 4.74 Å².